The molecule has 0 spiro atoms. The number of aliphatic hydroxyl groups excluding tert-OH is 1. The van der Waals surface area contributed by atoms with Gasteiger partial charge in [0.25, 0.3) is 5.91 Å². The number of amides is 1. The molecule has 0 aliphatic carbocycles. The molecule has 0 saturated heterocycles. The smallest absolute Gasteiger partial charge is 0.255 e. The predicted molar refractivity (Wildman–Crippen MR) is 69.0 cm³/mol. The summed E-state index contributed by atoms with van der Waals surface area (Å²) in [7, 11) is 0. The molecule has 0 aliphatic rings. The zero-order valence-corrected chi connectivity index (χ0v) is 11.4. The highest BCUT2D eigenvalue weighted by Crippen LogP contribution is 2.22. The fraction of sp³-hybridized carbons (Fsp3) is 0.417. The molecule has 0 bridgehead atoms. The van der Waals surface area contributed by atoms with Gasteiger partial charge in [-0.3, -0.25) is 4.79 Å². The fourth-order valence-electron chi connectivity index (χ4n) is 1.57. The molecule has 1 aromatic carbocycles. The summed E-state index contributed by atoms with van der Waals surface area (Å²) in [6.07, 6.45) is 0.00654. The molecule has 0 saturated carbocycles. The van der Waals surface area contributed by atoms with E-state index in [0.29, 0.717) is 10.9 Å². The van der Waals surface area contributed by atoms with E-state index in [-0.39, 0.29) is 23.3 Å². The molecule has 1 amide bonds. The van der Waals surface area contributed by atoms with Crippen molar-refractivity contribution >= 4 is 21.8 Å². The third-order valence-electron chi connectivity index (χ3n) is 2.28. The standard InChI is InChI=1S/C12H16BrNO3/c1-7(5-8(2)15)14-12(17)10-4-3-9(13)6-11(10)16/h3-4,6-8,15-16H,5H2,1-2H3,(H,14,17). The quantitative estimate of drug-likeness (QED) is 0.797. The van der Waals surface area contributed by atoms with Crippen LogP contribution in [0, 0.1) is 0 Å². The summed E-state index contributed by atoms with van der Waals surface area (Å²) in [6, 6.07) is 4.55. The van der Waals surface area contributed by atoms with Crippen LogP contribution in [-0.2, 0) is 0 Å². The van der Waals surface area contributed by atoms with Gasteiger partial charge in [-0.25, -0.2) is 0 Å². The Hall–Kier alpha value is -1.07. The second-order valence-corrected chi connectivity index (χ2v) is 5.04. The SMILES string of the molecule is CC(O)CC(C)NC(=O)c1ccc(Br)cc1O. The second-order valence-electron chi connectivity index (χ2n) is 4.12. The van der Waals surface area contributed by atoms with Gasteiger partial charge in [0, 0.05) is 10.5 Å². The largest absolute Gasteiger partial charge is 0.507 e. The van der Waals surface area contributed by atoms with E-state index >= 15 is 0 Å². The molecule has 2 atom stereocenters. The van der Waals surface area contributed by atoms with Crippen molar-refractivity contribution in [2.75, 3.05) is 0 Å². The number of aliphatic hydroxyl groups is 1. The normalized spacial score (nSPS) is 14.1. The van der Waals surface area contributed by atoms with Gasteiger partial charge in [0.2, 0.25) is 0 Å². The van der Waals surface area contributed by atoms with Crippen molar-refractivity contribution in [1.29, 1.82) is 0 Å². The van der Waals surface area contributed by atoms with Crippen molar-refractivity contribution in [2.45, 2.75) is 32.4 Å². The van der Waals surface area contributed by atoms with Crippen LogP contribution < -0.4 is 5.32 Å². The second kappa shape index (κ2) is 6.02. The molecule has 17 heavy (non-hydrogen) atoms. The number of hydrogen-bond donors (Lipinski definition) is 3. The molecule has 0 heterocycles. The summed E-state index contributed by atoms with van der Waals surface area (Å²) in [6.45, 7) is 3.47. The summed E-state index contributed by atoms with van der Waals surface area (Å²) >= 11 is 3.20. The summed E-state index contributed by atoms with van der Waals surface area (Å²) in [4.78, 5) is 11.8. The maximum atomic E-state index is 11.8. The Bertz CT molecular complexity index is 407. The summed E-state index contributed by atoms with van der Waals surface area (Å²) < 4.78 is 0.712. The van der Waals surface area contributed by atoms with Gasteiger partial charge < -0.3 is 15.5 Å². The van der Waals surface area contributed by atoms with Crippen LogP contribution in [0.15, 0.2) is 22.7 Å². The topological polar surface area (TPSA) is 69.6 Å². The van der Waals surface area contributed by atoms with Gasteiger partial charge in [0.15, 0.2) is 0 Å². The minimum Gasteiger partial charge on any atom is -0.507 e. The predicted octanol–water partition coefficient (Wildman–Crippen LogP) is 2.04. The monoisotopic (exact) mass is 301 g/mol. The Balaban J connectivity index is 2.70. The number of halogens is 1. The van der Waals surface area contributed by atoms with Gasteiger partial charge in [0.1, 0.15) is 5.75 Å². The number of hydrogen-bond acceptors (Lipinski definition) is 3. The molecule has 5 heteroatoms. The minimum absolute atomic E-state index is 0.0684. The van der Waals surface area contributed by atoms with Crippen LogP contribution in [0.5, 0.6) is 5.75 Å². The number of carbonyl (C=O) groups excluding carboxylic acids is 1. The first kappa shape index (κ1) is 14.0. The molecular weight excluding hydrogens is 286 g/mol. The van der Waals surface area contributed by atoms with Gasteiger partial charge in [0.05, 0.1) is 11.7 Å². The molecule has 0 aliphatic heterocycles. The van der Waals surface area contributed by atoms with Crippen molar-refractivity contribution < 1.29 is 15.0 Å². The van der Waals surface area contributed by atoms with E-state index in [9.17, 15) is 15.0 Å². The average molecular weight is 302 g/mol. The van der Waals surface area contributed by atoms with E-state index in [4.69, 9.17) is 0 Å². The summed E-state index contributed by atoms with van der Waals surface area (Å²) in [5.41, 5.74) is 0.227. The lowest BCUT2D eigenvalue weighted by molar-refractivity contribution is 0.0920. The van der Waals surface area contributed by atoms with Gasteiger partial charge in [-0.2, -0.15) is 0 Å². The van der Waals surface area contributed by atoms with Gasteiger partial charge >= 0.3 is 0 Å². The number of benzene rings is 1. The molecule has 3 N–H and O–H groups in total. The van der Waals surface area contributed by atoms with Gasteiger partial charge in [-0.1, -0.05) is 15.9 Å². The molecule has 1 aromatic rings. The Morgan fingerprint density at radius 2 is 2.12 bits per heavy atom. The van der Waals surface area contributed by atoms with E-state index < -0.39 is 6.10 Å². The number of nitrogens with one attached hydrogen (secondary N) is 1. The van der Waals surface area contributed by atoms with Crippen LogP contribution in [-0.4, -0.2) is 28.3 Å². The molecule has 0 fully saturated rings. The van der Waals surface area contributed by atoms with Crippen molar-refractivity contribution in [2.24, 2.45) is 0 Å². The lowest BCUT2D eigenvalue weighted by Crippen LogP contribution is -2.34. The Kier molecular flexibility index (Phi) is 4.96. The zero-order valence-electron chi connectivity index (χ0n) is 9.77. The lowest BCUT2D eigenvalue weighted by Gasteiger charge is -2.15. The Labute approximate surface area is 109 Å². The number of rotatable bonds is 4. The van der Waals surface area contributed by atoms with E-state index in [2.05, 4.69) is 21.2 Å². The van der Waals surface area contributed by atoms with Crippen molar-refractivity contribution in [3.8, 4) is 5.75 Å². The molecule has 2 unspecified atom stereocenters. The zero-order chi connectivity index (χ0) is 13.0. The van der Waals surface area contributed by atoms with E-state index in [0.717, 1.165) is 0 Å². The maximum Gasteiger partial charge on any atom is 0.255 e. The van der Waals surface area contributed by atoms with Crippen molar-refractivity contribution in [1.82, 2.24) is 5.32 Å². The minimum atomic E-state index is -0.469. The van der Waals surface area contributed by atoms with E-state index in [1.54, 1.807) is 26.0 Å². The molecule has 94 valence electrons. The molecule has 0 radical (unpaired) electrons. The number of aromatic hydroxyl groups is 1. The molecular formula is C12H16BrNO3. The van der Waals surface area contributed by atoms with Crippen molar-refractivity contribution in [3.63, 3.8) is 0 Å². The fourth-order valence-corrected chi connectivity index (χ4v) is 1.92. The molecule has 1 rings (SSSR count). The Morgan fingerprint density at radius 1 is 1.47 bits per heavy atom. The summed E-state index contributed by atoms with van der Waals surface area (Å²) in [5, 5.41) is 21.5. The van der Waals surface area contributed by atoms with Crippen LogP contribution in [0.4, 0.5) is 0 Å². The molecule has 4 nitrogen and oxygen atoms in total. The lowest BCUT2D eigenvalue weighted by atomic mass is 10.1. The Morgan fingerprint density at radius 3 is 2.65 bits per heavy atom. The number of phenolic OH excluding ortho intramolecular Hbond substituents is 1. The van der Waals surface area contributed by atoms with E-state index in [1.807, 2.05) is 0 Å². The van der Waals surface area contributed by atoms with E-state index in [1.165, 1.54) is 6.07 Å². The maximum absolute atomic E-state index is 11.8. The van der Waals surface area contributed by atoms with Crippen LogP contribution in [0.25, 0.3) is 0 Å². The first-order valence-corrected chi connectivity index (χ1v) is 6.17. The van der Waals surface area contributed by atoms with Crippen molar-refractivity contribution in [3.05, 3.63) is 28.2 Å². The van der Waals surface area contributed by atoms with Crippen LogP contribution >= 0.6 is 15.9 Å². The first-order valence-electron chi connectivity index (χ1n) is 5.37. The number of carbonyl (C=O) groups is 1. The third kappa shape index (κ3) is 4.36. The highest BCUT2D eigenvalue weighted by atomic mass is 79.9. The first-order chi connectivity index (χ1) is 7.90. The average Bonchev–Trinajstić information content (AvgIpc) is 2.15. The van der Waals surface area contributed by atoms with Crippen LogP contribution in [0.1, 0.15) is 30.6 Å². The molecule has 0 aromatic heterocycles. The number of phenols is 1. The third-order valence-corrected chi connectivity index (χ3v) is 2.77. The highest BCUT2D eigenvalue weighted by Gasteiger charge is 2.14. The van der Waals surface area contributed by atoms with Crippen LogP contribution in [0.3, 0.4) is 0 Å². The van der Waals surface area contributed by atoms with Gasteiger partial charge in [-0.15, -0.1) is 0 Å². The van der Waals surface area contributed by atoms with Crippen LogP contribution in [0.2, 0.25) is 0 Å². The summed E-state index contributed by atoms with van der Waals surface area (Å²) in [5.74, 6) is -0.413. The highest BCUT2D eigenvalue weighted by molar-refractivity contribution is 9.10. The van der Waals surface area contributed by atoms with Gasteiger partial charge in [-0.05, 0) is 38.5 Å².